The van der Waals surface area contributed by atoms with Crippen molar-refractivity contribution in [2.45, 2.75) is 32.3 Å². The summed E-state index contributed by atoms with van der Waals surface area (Å²) in [6, 6.07) is 0. The quantitative estimate of drug-likeness (QED) is 0.421. The van der Waals surface area contributed by atoms with Crippen LogP contribution < -0.4 is 0 Å². The highest BCUT2D eigenvalue weighted by Crippen LogP contribution is 2.35. The second kappa shape index (κ2) is 5.37. The van der Waals surface area contributed by atoms with E-state index >= 15 is 0 Å². The molecular weight excluding hydrogens is 240 g/mol. The highest BCUT2D eigenvalue weighted by molar-refractivity contribution is 5.95. The van der Waals surface area contributed by atoms with Crippen molar-refractivity contribution in [3.05, 3.63) is 0 Å². The maximum absolute atomic E-state index is 11.7. The number of methoxy groups -OCH3 is 2. The van der Waals surface area contributed by atoms with E-state index in [9.17, 15) is 14.4 Å². The van der Waals surface area contributed by atoms with E-state index in [0.717, 1.165) is 0 Å². The van der Waals surface area contributed by atoms with Gasteiger partial charge < -0.3 is 14.2 Å². The van der Waals surface area contributed by atoms with E-state index in [-0.39, 0.29) is 6.42 Å². The smallest absolute Gasteiger partial charge is 0.320 e. The maximum atomic E-state index is 11.7. The summed E-state index contributed by atoms with van der Waals surface area (Å²) in [4.78, 5) is 34.8. The number of hydrogen-bond donors (Lipinski definition) is 0. The van der Waals surface area contributed by atoms with Gasteiger partial charge in [0, 0.05) is 6.42 Å². The molecule has 6 heteroatoms. The van der Waals surface area contributed by atoms with Gasteiger partial charge in [0.2, 0.25) is 0 Å². The first-order chi connectivity index (χ1) is 8.30. The molecular formula is C12H18O6. The third-order valence-electron chi connectivity index (χ3n) is 2.95. The summed E-state index contributed by atoms with van der Waals surface area (Å²) in [5.74, 6) is -3.32. The van der Waals surface area contributed by atoms with Crippen molar-refractivity contribution < 1.29 is 28.6 Å². The lowest BCUT2D eigenvalue weighted by atomic mass is 9.79. The third kappa shape index (κ3) is 3.21. The van der Waals surface area contributed by atoms with Crippen molar-refractivity contribution in [3.63, 3.8) is 0 Å². The van der Waals surface area contributed by atoms with Crippen molar-refractivity contribution in [3.8, 4) is 0 Å². The lowest BCUT2D eigenvalue weighted by Crippen LogP contribution is -2.44. The van der Waals surface area contributed by atoms with Gasteiger partial charge in [-0.05, 0) is 26.2 Å². The summed E-state index contributed by atoms with van der Waals surface area (Å²) < 4.78 is 14.3. The van der Waals surface area contributed by atoms with Gasteiger partial charge in [-0.15, -0.1) is 0 Å². The topological polar surface area (TPSA) is 78.9 Å². The first-order valence-corrected chi connectivity index (χ1v) is 5.68. The Hall–Kier alpha value is -1.59. The number of hydrogen-bond acceptors (Lipinski definition) is 6. The van der Waals surface area contributed by atoms with Gasteiger partial charge >= 0.3 is 17.9 Å². The lowest BCUT2D eigenvalue weighted by Gasteiger charge is -2.36. The van der Waals surface area contributed by atoms with Crippen LogP contribution in [0.15, 0.2) is 0 Å². The van der Waals surface area contributed by atoms with Gasteiger partial charge in [0.15, 0.2) is 5.92 Å². The number of rotatable bonds is 3. The molecule has 1 aliphatic rings. The fraction of sp³-hybridized carbons (Fsp3) is 0.750. The zero-order valence-corrected chi connectivity index (χ0v) is 11.0. The van der Waals surface area contributed by atoms with Crippen LogP contribution in [0.2, 0.25) is 0 Å². The predicted octanol–water partition coefficient (Wildman–Crippen LogP) is 0.680. The molecule has 102 valence electrons. The molecule has 0 aromatic heterocycles. The molecule has 0 saturated carbocycles. The number of cyclic esters (lactones) is 1. The zero-order chi connectivity index (χ0) is 13.9. The Labute approximate surface area is 106 Å². The highest BCUT2D eigenvalue weighted by atomic mass is 16.6. The standard InChI is InChI=1S/C12H18O6/c1-12(2)6-7(5-8(13)18-12)9(10(14)16-3)11(15)17-4/h7,9H,5-6H2,1-4H3/t7-/m0/s1. The molecule has 0 aliphatic carbocycles. The van der Waals surface area contributed by atoms with Gasteiger partial charge in [0.25, 0.3) is 0 Å². The SMILES string of the molecule is COC(=O)C(C(=O)OC)[C@H]1CC(=O)OC(C)(C)C1. The third-order valence-corrected chi connectivity index (χ3v) is 2.95. The van der Waals surface area contributed by atoms with E-state index < -0.39 is 35.3 Å². The molecule has 1 rings (SSSR count). The van der Waals surface area contributed by atoms with Crippen LogP contribution in [0.1, 0.15) is 26.7 Å². The first-order valence-electron chi connectivity index (χ1n) is 5.68. The summed E-state index contributed by atoms with van der Waals surface area (Å²) in [7, 11) is 2.40. The van der Waals surface area contributed by atoms with E-state index in [4.69, 9.17) is 4.74 Å². The fourth-order valence-corrected chi connectivity index (χ4v) is 2.28. The Morgan fingerprint density at radius 1 is 1.28 bits per heavy atom. The van der Waals surface area contributed by atoms with Gasteiger partial charge in [-0.1, -0.05) is 0 Å². The average molecular weight is 258 g/mol. The molecule has 1 aliphatic heterocycles. The molecule has 18 heavy (non-hydrogen) atoms. The summed E-state index contributed by atoms with van der Waals surface area (Å²) >= 11 is 0. The Kier molecular flexibility index (Phi) is 4.32. The van der Waals surface area contributed by atoms with E-state index in [1.54, 1.807) is 13.8 Å². The Bertz CT molecular complexity index is 344. The van der Waals surface area contributed by atoms with E-state index in [0.29, 0.717) is 6.42 Å². The second-order valence-electron chi connectivity index (χ2n) is 4.93. The van der Waals surface area contributed by atoms with Gasteiger partial charge in [-0.2, -0.15) is 0 Å². The van der Waals surface area contributed by atoms with Crippen molar-refractivity contribution in [1.82, 2.24) is 0 Å². The van der Waals surface area contributed by atoms with Crippen LogP contribution in [0.25, 0.3) is 0 Å². The predicted molar refractivity (Wildman–Crippen MR) is 60.4 cm³/mol. The fourth-order valence-electron chi connectivity index (χ4n) is 2.28. The highest BCUT2D eigenvalue weighted by Gasteiger charge is 2.45. The van der Waals surface area contributed by atoms with Crippen LogP contribution in [0, 0.1) is 11.8 Å². The van der Waals surface area contributed by atoms with Crippen LogP contribution in [0.5, 0.6) is 0 Å². The molecule has 0 radical (unpaired) electrons. The molecule has 1 saturated heterocycles. The Balaban J connectivity index is 2.95. The average Bonchev–Trinajstić information content (AvgIpc) is 2.26. The Morgan fingerprint density at radius 3 is 2.17 bits per heavy atom. The van der Waals surface area contributed by atoms with Crippen molar-refractivity contribution in [2.24, 2.45) is 11.8 Å². The van der Waals surface area contributed by atoms with E-state index in [2.05, 4.69) is 9.47 Å². The molecule has 0 aromatic rings. The minimum Gasteiger partial charge on any atom is -0.468 e. The molecule has 0 spiro atoms. The summed E-state index contributed by atoms with van der Waals surface area (Å²) in [5, 5.41) is 0. The maximum Gasteiger partial charge on any atom is 0.320 e. The van der Waals surface area contributed by atoms with E-state index in [1.165, 1.54) is 14.2 Å². The molecule has 0 unspecified atom stereocenters. The normalized spacial score (nSPS) is 22.3. The molecule has 1 fully saturated rings. The number of esters is 3. The summed E-state index contributed by atoms with van der Waals surface area (Å²) in [5.41, 5.74) is -0.694. The molecule has 0 bridgehead atoms. The largest absolute Gasteiger partial charge is 0.468 e. The molecule has 1 atom stereocenters. The van der Waals surface area contributed by atoms with Gasteiger partial charge in [0.1, 0.15) is 5.60 Å². The monoisotopic (exact) mass is 258 g/mol. The van der Waals surface area contributed by atoms with Crippen molar-refractivity contribution in [2.75, 3.05) is 14.2 Å². The van der Waals surface area contributed by atoms with Gasteiger partial charge in [-0.3, -0.25) is 14.4 Å². The number of carbonyl (C=O) groups is 3. The molecule has 0 N–H and O–H groups in total. The van der Waals surface area contributed by atoms with Crippen LogP contribution in [0.3, 0.4) is 0 Å². The zero-order valence-electron chi connectivity index (χ0n) is 11.0. The summed E-state index contributed by atoms with van der Waals surface area (Å²) in [6.45, 7) is 3.48. The van der Waals surface area contributed by atoms with Crippen LogP contribution >= 0.6 is 0 Å². The molecule has 0 aromatic carbocycles. The van der Waals surface area contributed by atoms with Crippen LogP contribution in [0.4, 0.5) is 0 Å². The van der Waals surface area contributed by atoms with Crippen LogP contribution in [-0.2, 0) is 28.6 Å². The first kappa shape index (κ1) is 14.5. The second-order valence-corrected chi connectivity index (χ2v) is 4.93. The minimum absolute atomic E-state index is 0.0122. The molecule has 1 heterocycles. The van der Waals surface area contributed by atoms with E-state index in [1.807, 2.05) is 0 Å². The summed E-state index contributed by atoms with van der Waals surface area (Å²) in [6.07, 6.45) is 0.423. The van der Waals surface area contributed by atoms with Crippen molar-refractivity contribution >= 4 is 17.9 Å². The number of ether oxygens (including phenoxy) is 3. The minimum atomic E-state index is -1.08. The lowest BCUT2D eigenvalue weighted by molar-refractivity contribution is -0.175. The molecule has 0 amide bonds. The van der Waals surface area contributed by atoms with Gasteiger partial charge in [-0.25, -0.2) is 0 Å². The van der Waals surface area contributed by atoms with Gasteiger partial charge in [0.05, 0.1) is 14.2 Å². The molecule has 6 nitrogen and oxygen atoms in total. The van der Waals surface area contributed by atoms with Crippen molar-refractivity contribution in [1.29, 1.82) is 0 Å². The number of carbonyl (C=O) groups excluding carboxylic acids is 3. The Morgan fingerprint density at radius 2 is 1.78 bits per heavy atom. The van der Waals surface area contributed by atoms with Crippen LogP contribution in [-0.4, -0.2) is 37.7 Å².